The molecule has 5 heteroatoms. The number of benzene rings is 3. The van der Waals surface area contributed by atoms with Gasteiger partial charge in [-0.2, -0.15) is 5.10 Å². The monoisotopic (exact) mass is 447 g/mol. The lowest BCUT2D eigenvalue weighted by molar-refractivity contribution is 0.459. The summed E-state index contributed by atoms with van der Waals surface area (Å²) in [4.78, 5) is 9.60. The smallest absolute Gasteiger partial charge is 0.158 e. The molecule has 0 saturated carbocycles. The average Bonchev–Trinajstić information content (AvgIpc) is 3.42. The van der Waals surface area contributed by atoms with Gasteiger partial charge in [0.15, 0.2) is 5.82 Å². The van der Waals surface area contributed by atoms with Crippen LogP contribution in [0.2, 0.25) is 0 Å². The zero-order valence-electron chi connectivity index (χ0n) is 19.7. The van der Waals surface area contributed by atoms with Gasteiger partial charge < -0.3 is 9.80 Å². The summed E-state index contributed by atoms with van der Waals surface area (Å²) in [6.07, 6.45) is 5.01. The Labute approximate surface area is 201 Å². The Hall–Kier alpha value is -3.86. The number of nitrogens with zero attached hydrogens (tertiary/aromatic N) is 5. The van der Waals surface area contributed by atoms with E-state index in [1.807, 2.05) is 0 Å². The molecule has 5 nitrogen and oxygen atoms in total. The summed E-state index contributed by atoms with van der Waals surface area (Å²) in [5, 5.41) is 4.64. The molecule has 0 amide bonds. The number of aryl methyl sites for hydroxylation is 1. The molecule has 2 bridgehead atoms. The number of fused-ring (bicyclic) bond motifs is 5. The Balaban J connectivity index is 1.44. The van der Waals surface area contributed by atoms with Gasteiger partial charge in [-0.15, -0.1) is 6.58 Å². The van der Waals surface area contributed by atoms with Gasteiger partial charge in [0, 0.05) is 25.1 Å². The first-order valence-corrected chi connectivity index (χ1v) is 11.9. The van der Waals surface area contributed by atoms with Gasteiger partial charge in [0.05, 0.1) is 17.9 Å². The van der Waals surface area contributed by atoms with Gasteiger partial charge >= 0.3 is 0 Å². The molecule has 0 fully saturated rings. The Morgan fingerprint density at radius 2 is 1.74 bits per heavy atom. The zero-order valence-corrected chi connectivity index (χ0v) is 19.7. The third kappa shape index (κ3) is 3.23. The molecule has 0 saturated heterocycles. The molecule has 2 unspecified atom stereocenters. The fourth-order valence-corrected chi connectivity index (χ4v) is 5.74. The Bertz CT molecular complexity index is 1370. The minimum Gasteiger partial charge on any atom is -0.352 e. The quantitative estimate of drug-likeness (QED) is 0.390. The second kappa shape index (κ2) is 8.17. The first-order valence-electron chi connectivity index (χ1n) is 11.9. The van der Waals surface area contributed by atoms with Crippen LogP contribution in [-0.2, 0) is 19.5 Å². The third-order valence-electron chi connectivity index (χ3n) is 7.45. The summed E-state index contributed by atoms with van der Waals surface area (Å²) in [6.45, 7) is 7.93. The highest BCUT2D eigenvalue weighted by molar-refractivity contribution is 5.77. The molecule has 3 aromatic carbocycles. The summed E-state index contributed by atoms with van der Waals surface area (Å²) in [5.74, 6) is 1.22. The van der Waals surface area contributed by atoms with E-state index >= 15 is 0 Å². The van der Waals surface area contributed by atoms with E-state index in [0.29, 0.717) is 12.5 Å². The van der Waals surface area contributed by atoms with Crippen LogP contribution in [0.1, 0.15) is 22.3 Å². The van der Waals surface area contributed by atoms with Crippen LogP contribution in [0.15, 0.2) is 85.7 Å². The lowest BCUT2D eigenvalue weighted by atomic mass is 9.88. The van der Waals surface area contributed by atoms with E-state index in [1.54, 1.807) is 6.33 Å². The highest BCUT2D eigenvalue weighted by Crippen LogP contribution is 2.44. The normalized spacial score (nSPS) is 18.8. The summed E-state index contributed by atoms with van der Waals surface area (Å²) in [7, 11) is 2.21. The third-order valence-corrected chi connectivity index (χ3v) is 7.45. The molecular weight excluding hydrogens is 418 g/mol. The van der Waals surface area contributed by atoms with Crippen molar-refractivity contribution in [3.8, 4) is 11.4 Å². The van der Waals surface area contributed by atoms with Gasteiger partial charge in [0.1, 0.15) is 12.5 Å². The molecule has 0 radical (unpaired) electrons. The fourth-order valence-electron chi connectivity index (χ4n) is 5.74. The fraction of sp³-hybridized carbons (Fsp3) is 0.241. The van der Waals surface area contributed by atoms with Crippen LogP contribution in [0, 0.1) is 12.8 Å². The molecule has 6 rings (SSSR count). The number of rotatable bonds is 4. The molecular formula is C29H29N5. The van der Waals surface area contributed by atoms with Crippen molar-refractivity contribution >= 4 is 11.4 Å². The van der Waals surface area contributed by atoms with Crippen LogP contribution >= 0.6 is 0 Å². The van der Waals surface area contributed by atoms with Crippen molar-refractivity contribution < 1.29 is 0 Å². The van der Waals surface area contributed by atoms with Crippen molar-refractivity contribution in [1.29, 1.82) is 0 Å². The van der Waals surface area contributed by atoms with Crippen molar-refractivity contribution in [3.05, 3.63) is 108 Å². The van der Waals surface area contributed by atoms with E-state index in [0.717, 1.165) is 24.4 Å². The van der Waals surface area contributed by atoms with Crippen LogP contribution in [-0.4, -0.2) is 28.0 Å². The van der Waals surface area contributed by atoms with Crippen LogP contribution < -0.4 is 9.80 Å². The number of hydrogen-bond donors (Lipinski definition) is 0. The standard InChI is InChI=1S/C29H29N5/c1-4-21-16-22-11-9-12-23(17-33-27-15-8-7-14-26(27)32(3)29(21)33)25(22)18-34-28(30-19-31-34)24-13-6-5-10-20(24)2/h4-15,19,21,29H,1,16-18H2,2-3H3. The summed E-state index contributed by atoms with van der Waals surface area (Å²) >= 11 is 0. The molecule has 0 N–H and O–H groups in total. The lowest BCUT2D eigenvalue weighted by Gasteiger charge is -2.38. The molecule has 1 aromatic heterocycles. The Kier molecular flexibility index (Phi) is 4.98. The number of aromatic nitrogens is 3. The van der Waals surface area contributed by atoms with Crippen molar-refractivity contribution in [2.24, 2.45) is 5.92 Å². The van der Waals surface area contributed by atoms with Crippen molar-refractivity contribution in [1.82, 2.24) is 14.8 Å². The molecule has 2 aliphatic rings. The first-order chi connectivity index (χ1) is 16.7. The first kappa shape index (κ1) is 20.7. The average molecular weight is 448 g/mol. The highest BCUT2D eigenvalue weighted by atomic mass is 15.4. The summed E-state index contributed by atoms with van der Waals surface area (Å²) < 4.78 is 2.05. The number of para-hydroxylation sites is 2. The molecule has 2 atom stereocenters. The van der Waals surface area contributed by atoms with Crippen molar-refractivity contribution in [3.63, 3.8) is 0 Å². The van der Waals surface area contributed by atoms with Gasteiger partial charge in [-0.1, -0.05) is 60.7 Å². The van der Waals surface area contributed by atoms with Crippen LogP contribution in [0.5, 0.6) is 0 Å². The second-order valence-corrected chi connectivity index (χ2v) is 9.36. The van der Waals surface area contributed by atoms with Gasteiger partial charge in [-0.3, -0.25) is 0 Å². The maximum absolute atomic E-state index is 4.64. The predicted molar refractivity (Wildman–Crippen MR) is 138 cm³/mol. The molecule has 0 aliphatic carbocycles. The summed E-state index contributed by atoms with van der Waals surface area (Å²) in [6, 6.07) is 23.9. The minimum atomic E-state index is 0.259. The second-order valence-electron chi connectivity index (χ2n) is 9.36. The van der Waals surface area contributed by atoms with Crippen LogP contribution in [0.25, 0.3) is 11.4 Å². The van der Waals surface area contributed by atoms with Crippen LogP contribution in [0.3, 0.4) is 0 Å². The molecule has 4 aromatic rings. The molecule has 3 heterocycles. The predicted octanol–water partition coefficient (Wildman–Crippen LogP) is 5.44. The van der Waals surface area contributed by atoms with E-state index < -0.39 is 0 Å². The van der Waals surface area contributed by atoms with E-state index in [2.05, 4.69) is 118 Å². The number of anilines is 2. The molecule has 34 heavy (non-hydrogen) atoms. The zero-order chi connectivity index (χ0) is 23.2. The molecule has 170 valence electrons. The van der Waals surface area contributed by atoms with Gasteiger partial charge in [-0.25, -0.2) is 9.67 Å². The highest BCUT2D eigenvalue weighted by Gasteiger charge is 2.39. The topological polar surface area (TPSA) is 37.2 Å². The van der Waals surface area contributed by atoms with Gasteiger partial charge in [0.25, 0.3) is 0 Å². The SMILES string of the molecule is C=CC1Cc2cccc(c2Cn2ncnc2-c2ccccc2C)CN2c3ccccc3N(C)C12. The Morgan fingerprint density at radius 1 is 0.971 bits per heavy atom. The maximum Gasteiger partial charge on any atom is 0.158 e. The van der Waals surface area contributed by atoms with Crippen molar-refractivity contribution in [2.75, 3.05) is 16.8 Å². The minimum absolute atomic E-state index is 0.259. The van der Waals surface area contributed by atoms with E-state index in [1.165, 1.54) is 33.6 Å². The number of hydrogen-bond acceptors (Lipinski definition) is 4. The molecule has 0 spiro atoms. The molecule has 2 aliphatic heterocycles. The lowest BCUT2D eigenvalue weighted by Crippen LogP contribution is -2.47. The van der Waals surface area contributed by atoms with Crippen molar-refractivity contribution in [2.45, 2.75) is 32.6 Å². The Morgan fingerprint density at radius 3 is 2.56 bits per heavy atom. The van der Waals surface area contributed by atoms with E-state index in [-0.39, 0.29) is 6.17 Å². The van der Waals surface area contributed by atoms with E-state index in [9.17, 15) is 0 Å². The van der Waals surface area contributed by atoms with E-state index in [4.69, 9.17) is 0 Å². The largest absolute Gasteiger partial charge is 0.352 e. The van der Waals surface area contributed by atoms with Crippen LogP contribution in [0.4, 0.5) is 11.4 Å². The van der Waals surface area contributed by atoms with Gasteiger partial charge in [0.2, 0.25) is 0 Å². The summed E-state index contributed by atoms with van der Waals surface area (Å²) in [5.41, 5.74) is 8.98. The van der Waals surface area contributed by atoms with Gasteiger partial charge in [-0.05, 0) is 47.7 Å². The maximum atomic E-state index is 4.64.